The van der Waals surface area contributed by atoms with Gasteiger partial charge >= 0.3 is 0 Å². The molecular weight excluding hydrogens is 283 g/mol. The molecule has 0 fully saturated rings. The first kappa shape index (κ1) is 12.7. The molecule has 1 N–H and O–H groups in total. The number of benzene rings is 1. The topological polar surface area (TPSA) is 51.5 Å². The molecule has 0 amide bonds. The molecule has 0 aliphatic heterocycles. The van der Waals surface area contributed by atoms with Gasteiger partial charge in [-0.2, -0.15) is 4.98 Å². The Morgan fingerprint density at radius 3 is 3.05 bits per heavy atom. The van der Waals surface area contributed by atoms with Gasteiger partial charge in [0.2, 0.25) is 5.65 Å². The van der Waals surface area contributed by atoms with Gasteiger partial charge in [-0.3, -0.25) is 4.40 Å². The standard InChI is InChI=1S/C13H10ClFN4O/c1-16-10-7-19-6-5-17-12(19)13(18-10)20-9-4-2-3-8(14)11(9)15/h2-7,16H,1H3. The van der Waals surface area contributed by atoms with Gasteiger partial charge in [0.25, 0.3) is 5.88 Å². The number of fused-ring (bicyclic) bond motifs is 1. The van der Waals surface area contributed by atoms with Gasteiger partial charge in [0.15, 0.2) is 11.6 Å². The summed E-state index contributed by atoms with van der Waals surface area (Å²) in [5.74, 6) is 0.148. The normalized spacial score (nSPS) is 10.8. The zero-order chi connectivity index (χ0) is 14.1. The lowest BCUT2D eigenvalue weighted by Crippen LogP contribution is -2.00. The van der Waals surface area contributed by atoms with Gasteiger partial charge in [-0.05, 0) is 12.1 Å². The van der Waals surface area contributed by atoms with Crippen molar-refractivity contribution in [3.05, 3.63) is 47.6 Å². The van der Waals surface area contributed by atoms with E-state index in [1.54, 1.807) is 36.1 Å². The van der Waals surface area contributed by atoms with E-state index in [2.05, 4.69) is 15.3 Å². The Labute approximate surface area is 119 Å². The van der Waals surface area contributed by atoms with Crippen molar-refractivity contribution in [2.45, 2.75) is 0 Å². The van der Waals surface area contributed by atoms with Crippen molar-refractivity contribution in [3.8, 4) is 11.6 Å². The minimum Gasteiger partial charge on any atom is -0.433 e. The second-order valence-corrected chi connectivity index (χ2v) is 4.40. The van der Waals surface area contributed by atoms with E-state index in [9.17, 15) is 4.39 Å². The third-order valence-electron chi connectivity index (χ3n) is 2.72. The van der Waals surface area contributed by atoms with Gasteiger partial charge in [0.1, 0.15) is 5.82 Å². The molecule has 0 bridgehead atoms. The third-order valence-corrected chi connectivity index (χ3v) is 3.01. The molecule has 0 radical (unpaired) electrons. The van der Waals surface area contributed by atoms with Crippen LogP contribution in [-0.4, -0.2) is 21.4 Å². The first-order chi connectivity index (χ1) is 9.69. The molecule has 2 aromatic heterocycles. The van der Waals surface area contributed by atoms with Crippen LogP contribution in [0.15, 0.2) is 36.8 Å². The molecule has 20 heavy (non-hydrogen) atoms. The van der Waals surface area contributed by atoms with Crippen LogP contribution in [0.1, 0.15) is 0 Å². The number of hydrogen-bond donors (Lipinski definition) is 1. The van der Waals surface area contributed by atoms with E-state index >= 15 is 0 Å². The molecule has 3 rings (SSSR count). The van der Waals surface area contributed by atoms with Gasteiger partial charge in [-0.1, -0.05) is 17.7 Å². The maximum atomic E-state index is 13.9. The SMILES string of the molecule is CNc1cn2ccnc2c(Oc2cccc(Cl)c2F)n1. The molecule has 0 unspecified atom stereocenters. The summed E-state index contributed by atoms with van der Waals surface area (Å²) in [5, 5.41) is 2.89. The highest BCUT2D eigenvalue weighted by Crippen LogP contribution is 2.30. The van der Waals surface area contributed by atoms with E-state index < -0.39 is 5.82 Å². The summed E-state index contributed by atoms with van der Waals surface area (Å²) >= 11 is 5.73. The fraction of sp³-hybridized carbons (Fsp3) is 0.0769. The highest BCUT2D eigenvalue weighted by molar-refractivity contribution is 6.30. The number of anilines is 1. The second-order valence-electron chi connectivity index (χ2n) is 3.99. The third kappa shape index (κ3) is 2.14. The summed E-state index contributed by atoms with van der Waals surface area (Å²) in [7, 11) is 1.73. The quantitative estimate of drug-likeness (QED) is 0.804. The molecule has 2 heterocycles. The fourth-order valence-corrected chi connectivity index (χ4v) is 1.92. The number of imidazole rings is 1. The second kappa shape index (κ2) is 4.97. The van der Waals surface area contributed by atoms with E-state index in [1.807, 2.05) is 0 Å². The van der Waals surface area contributed by atoms with Crippen molar-refractivity contribution in [3.63, 3.8) is 0 Å². The lowest BCUT2D eigenvalue weighted by atomic mass is 10.3. The molecule has 102 valence electrons. The van der Waals surface area contributed by atoms with Crippen molar-refractivity contribution >= 4 is 23.1 Å². The van der Waals surface area contributed by atoms with E-state index in [-0.39, 0.29) is 16.7 Å². The zero-order valence-electron chi connectivity index (χ0n) is 10.5. The molecule has 0 spiro atoms. The van der Waals surface area contributed by atoms with Gasteiger partial charge < -0.3 is 10.1 Å². The maximum Gasteiger partial charge on any atom is 0.265 e. The van der Waals surface area contributed by atoms with E-state index in [4.69, 9.17) is 16.3 Å². The molecule has 0 saturated heterocycles. The molecule has 7 heteroatoms. The average Bonchev–Trinajstić information content (AvgIpc) is 2.92. The fourth-order valence-electron chi connectivity index (χ4n) is 1.76. The molecule has 0 aliphatic rings. The smallest absolute Gasteiger partial charge is 0.265 e. The number of halogens is 2. The largest absolute Gasteiger partial charge is 0.433 e. The summed E-state index contributed by atoms with van der Waals surface area (Å²) in [6.45, 7) is 0. The number of nitrogens with zero attached hydrogens (tertiary/aromatic N) is 3. The molecule has 0 aliphatic carbocycles. The first-order valence-electron chi connectivity index (χ1n) is 5.82. The van der Waals surface area contributed by atoms with Crippen molar-refractivity contribution in [1.82, 2.24) is 14.4 Å². The predicted octanol–water partition coefficient (Wildman–Crippen LogP) is 3.36. The zero-order valence-corrected chi connectivity index (χ0v) is 11.2. The van der Waals surface area contributed by atoms with Gasteiger partial charge in [-0.15, -0.1) is 0 Å². The Kier molecular flexibility index (Phi) is 3.15. The minimum absolute atomic E-state index is 0.00292. The molecular formula is C13H10ClFN4O. The lowest BCUT2D eigenvalue weighted by molar-refractivity contribution is 0.430. The van der Waals surface area contributed by atoms with Gasteiger partial charge in [-0.25, -0.2) is 9.37 Å². The summed E-state index contributed by atoms with van der Waals surface area (Å²) in [4.78, 5) is 8.37. The van der Waals surface area contributed by atoms with E-state index in [0.29, 0.717) is 11.5 Å². The van der Waals surface area contributed by atoms with E-state index in [1.165, 1.54) is 12.1 Å². The van der Waals surface area contributed by atoms with Crippen LogP contribution in [0.4, 0.5) is 10.2 Å². The number of ether oxygens (including phenoxy) is 1. The van der Waals surface area contributed by atoms with E-state index in [0.717, 1.165) is 0 Å². The number of aromatic nitrogens is 3. The molecule has 3 aromatic rings. The maximum absolute atomic E-state index is 13.9. The van der Waals surface area contributed by atoms with Crippen LogP contribution in [0.25, 0.3) is 5.65 Å². The summed E-state index contributed by atoms with van der Waals surface area (Å²) < 4.78 is 21.1. The van der Waals surface area contributed by atoms with Crippen molar-refractivity contribution in [2.75, 3.05) is 12.4 Å². The van der Waals surface area contributed by atoms with Crippen molar-refractivity contribution in [1.29, 1.82) is 0 Å². The van der Waals surface area contributed by atoms with Crippen molar-refractivity contribution < 1.29 is 9.13 Å². The first-order valence-corrected chi connectivity index (χ1v) is 6.20. The summed E-state index contributed by atoms with van der Waals surface area (Å²) in [6, 6.07) is 4.53. The average molecular weight is 293 g/mol. The Hall–Kier alpha value is -2.34. The van der Waals surface area contributed by atoms with Crippen LogP contribution in [0, 0.1) is 5.82 Å². The van der Waals surface area contributed by atoms with Gasteiger partial charge in [0.05, 0.1) is 11.2 Å². The van der Waals surface area contributed by atoms with Crippen LogP contribution in [0.3, 0.4) is 0 Å². The van der Waals surface area contributed by atoms with Crippen LogP contribution in [0.2, 0.25) is 5.02 Å². The highest BCUT2D eigenvalue weighted by atomic mass is 35.5. The number of hydrogen-bond acceptors (Lipinski definition) is 4. The van der Waals surface area contributed by atoms with Crippen molar-refractivity contribution in [2.24, 2.45) is 0 Å². The number of nitrogens with one attached hydrogen (secondary N) is 1. The van der Waals surface area contributed by atoms with Crippen LogP contribution in [0.5, 0.6) is 11.6 Å². The Morgan fingerprint density at radius 2 is 2.25 bits per heavy atom. The lowest BCUT2D eigenvalue weighted by Gasteiger charge is -2.09. The number of rotatable bonds is 3. The minimum atomic E-state index is -0.629. The predicted molar refractivity (Wildman–Crippen MR) is 74.0 cm³/mol. The molecule has 1 aromatic carbocycles. The Morgan fingerprint density at radius 1 is 1.40 bits per heavy atom. The summed E-state index contributed by atoms with van der Waals surface area (Å²) in [5.41, 5.74) is 0.489. The monoisotopic (exact) mass is 292 g/mol. The van der Waals surface area contributed by atoms with Crippen LogP contribution < -0.4 is 10.1 Å². The Bertz CT molecular complexity index is 774. The molecule has 0 saturated carbocycles. The van der Waals surface area contributed by atoms with Gasteiger partial charge in [0, 0.05) is 19.4 Å². The molecule has 0 atom stereocenters. The van der Waals surface area contributed by atoms with Crippen LogP contribution >= 0.6 is 11.6 Å². The van der Waals surface area contributed by atoms with Crippen LogP contribution in [-0.2, 0) is 0 Å². The highest BCUT2D eigenvalue weighted by Gasteiger charge is 2.13. The molecule has 5 nitrogen and oxygen atoms in total. The Balaban J connectivity index is 2.10. The summed E-state index contributed by atoms with van der Waals surface area (Å²) in [6.07, 6.45) is 5.11.